The van der Waals surface area contributed by atoms with Gasteiger partial charge in [-0.3, -0.25) is 0 Å². The molecule has 0 radical (unpaired) electrons. The van der Waals surface area contributed by atoms with Crippen molar-refractivity contribution in [1.82, 2.24) is 0 Å². The number of hydrogen-bond acceptors (Lipinski definition) is 0. The summed E-state index contributed by atoms with van der Waals surface area (Å²) in [4.78, 5) is 0. The van der Waals surface area contributed by atoms with Crippen molar-refractivity contribution < 1.29 is 26.2 Å². The van der Waals surface area contributed by atoms with Gasteiger partial charge in [-0.15, -0.1) is 0 Å². The maximum Gasteiger partial charge on any atom is 4.00 e. The molecule has 19 heavy (non-hydrogen) atoms. The van der Waals surface area contributed by atoms with Crippen molar-refractivity contribution in [2.45, 2.75) is 76.9 Å². The molecule has 2 saturated carbocycles. The Kier molecular flexibility index (Phi) is 14.2. The molecule has 0 unspecified atom stereocenters. The quantitative estimate of drug-likeness (QED) is 0.409. The van der Waals surface area contributed by atoms with Gasteiger partial charge >= 0.3 is 26.2 Å². The molecule has 0 aromatic heterocycles. The Morgan fingerprint density at radius 3 is 1.58 bits per heavy atom. The fraction of sp³-hybridized carbons (Fsp3) is 0.765. The third-order valence-corrected chi connectivity index (χ3v) is 10.4. The minimum atomic E-state index is -1.02. The summed E-state index contributed by atoms with van der Waals surface area (Å²) in [5.41, 5.74) is 3.09. The second-order valence-electron chi connectivity index (χ2n) is 6.37. The van der Waals surface area contributed by atoms with E-state index >= 15 is 0 Å². The number of rotatable bonds is 3. The van der Waals surface area contributed by atoms with Crippen molar-refractivity contribution in [3.63, 3.8) is 0 Å². The fourth-order valence-electron chi connectivity index (χ4n) is 3.85. The minimum Gasteiger partial charge on any atom is -0.358 e. The summed E-state index contributed by atoms with van der Waals surface area (Å²) in [6.45, 7) is 7.81. The van der Waals surface area contributed by atoms with Crippen LogP contribution in [0.25, 0.3) is 0 Å². The molecule has 112 valence electrons. The zero-order chi connectivity index (χ0) is 10.9. The van der Waals surface area contributed by atoms with Gasteiger partial charge in [0.15, 0.2) is 0 Å². The van der Waals surface area contributed by atoms with Gasteiger partial charge in [0, 0.05) is 0 Å². The average Bonchev–Trinajstić information content (AvgIpc) is 2.89. The van der Waals surface area contributed by atoms with Crippen LogP contribution in [0.3, 0.4) is 0 Å². The van der Waals surface area contributed by atoms with E-state index < -0.39 is 8.07 Å². The van der Waals surface area contributed by atoms with Crippen LogP contribution in [0.1, 0.15) is 58.3 Å². The first-order chi connectivity index (χ1) is 7.12. The predicted molar refractivity (Wildman–Crippen MR) is 89.8 cm³/mol. The zero-order valence-electron chi connectivity index (χ0n) is 14.3. The second kappa shape index (κ2) is 10.8. The molecule has 2 heteroatoms. The minimum absolute atomic E-state index is 0. The summed E-state index contributed by atoms with van der Waals surface area (Å²) in [5.74, 6) is 1.02. The molecule has 2 aliphatic carbocycles. The van der Waals surface area contributed by atoms with Gasteiger partial charge in [0.1, 0.15) is 0 Å². The summed E-state index contributed by atoms with van der Waals surface area (Å²) in [5, 5.41) is 0. The van der Waals surface area contributed by atoms with Crippen molar-refractivity contribution >= 4 is 8.07 Å². The average molecular weight is 360 g/mol. The molecule has 0 N–H and O–H groups in total. The van der Waals surface area contributed by atoms with E-state index in [0.717, 1.165) is 11.5 Å². The maximum absolute atomic E-state index is 2.65. The monoisotopic (exact) mass is 358 g/mol. The molecule has 2 fully saturated rings. The summed E-state index contributed by atoms with van der Waals surface area (Å²) in [7, 11) is -1.02. The van der Waals surface area contributed by atoms with E-state index in [0.29, 0.717) is 0 Å². The van der Waals surface area contributed by atoms with Crippen molar-refractivity contribution in [3.8, 4) is 0 Å². The molecule has 0 aromatic carbocycles. The molecular weight excluding hydrogens is 323 g/mol. The SMILES string of the molecule is C[C-](C1CCCC1)[Si](C)(C)C1CCCC1.[CH3-].[CH3-].[CH3-].[Zr+4]. The van der Waals surface area contributed by atoms with Crippen molar-refractivity contribution in [2.75, 3.05) is 0 Å². The molecule has 0 heterocycles. The van der Waals surface area contributed by atoms with Gasteiger partial charge in [0.2, 0.25) is 0 Å². The molecule has 2 rings (SSSR count). The summed E-state index contributed by atoms with van der Waals surface area (Å²) >= 11 is 0. The Labute approximate surface area is 144 Å². The van der Waals surface area contributed by atoms with Crippen LogP contribution in [0.5, 0.6) is 0 Å². The van der Waals surface area contributed by atoms with Gasteiger partial charge < -0.3 is 27.8 Å². The van der Waals surface area contributed by atoms with Crippen LogP contribution >= 0.6 is 0 Å². The first-order valence-corrected chi connectivity index (χ1v) is 10.0. The summed E-state index contributed by atoms with van der Waals surface area (Å²) < 4.78 is 0. The third kappa shape index (κ3) is 5.77. The normalized spacial score (nSPS) is 20.2. The summed E-state index contributed by atoms with van der Waals surface area (Å²) in [6, 6.07) is 0. The molecular formula is C17H36SiZr. The van der Waals surface area contributed by atoms with Gasteiger partial charge in [-0.25, -0.2) is 0 Å². The van der Waals surface area contributed by atoms with Crippen LogP contribution in [0.4, 0.5) is 0 Å². The molecule has 0 spiro atoms. The van der Waals surface area contributed by atoms with E-state index in [9.17, 15) is 0 Å². The fourth-order valence-corrected chi connectivity index (χ4v) is 7.69. The maximum atomic E-state index is 2.65. The smallest absolute Gasteiger partial charge is 0.358 e. The third-order valence-electron chi connectivity index (χ3n) is 5.36. The molecule has 0 amide bonds. The standard InChI is InChI=1S/C14H27Si.3CH3.Zr/c1-12(13-8-4-5-9-13)15(2,3)14-10-6-7-11-14;;;;/h13-14H,4-11H2,1-3H3;3*1H3;/q4*-1;+4. The molecule has 2 aliphatic rings. The number of hydrogen-bond donors (Lipinski definition) is 0. The largest absolute Gasteiger partial charge is 4.00 e. The first-order valence-electron chi connectivity index (χ1n) is 6.96. The summed E-state index contributed by atoms with van der Waals surface area (Å²) in [6.07, 6.45) is 12.1. The van der Waals surface area contributed by atoms with E-state index in [1.807, 2.05) is 5.54 Å². The van der Waals surface area contributed by atoms with Gasteiger partial charge in [0.25, 0.3) is 0 Å². The molecule has 0 bridgehead atoms. The first kappa shape index (κ1) is 25.1. The van der Waals surface area contributed by atoms with E-state index in [1.54, 1.807) is 12.8 Å². The van der Waals surface area contributed by atoms with Gasteiger partial charge in [-0.1, -0.05) is 78.1 Å². The van der Waals surface area contributed by atoms with Gasteiger partial charge in [-0.2, -0.15) is 12.8 Å². The van der Waals surface area contributed by atoms with E-state index in [4.69, 9.17) is 0 Å². The van der Waals surface area contributed by atoms with Crippen molar-refractivity contribution in [1.29, 1.82) is 0 Å². The van der Waals surface area contributed by atoms with Gasteiger partial charge in [0.05, 0.1) is 0 Å². The van der Waals surface area contributed by atoms with Crippen LogP contribution in [-0.4, -0.2) is 8.07 Å². The van der Waals surface area contributed by atoms with Crippen LogP contribution in [-0.2, 0) is 26.2 Å². The molecule has 0 atom stereocenters. The van der Waals surface area contributed by atoms with E-state index in [2.05, 4.69) is 20.0 Å². The Balaban J connectivity index is -0.000000640. The molecule has 0 saturated heterocycles. The van der Waals surface area contributed by atoms with E-state index in [-0.39, 0.29) is 48.5 Å². The van der Waals surface area contributed by atoms with Crippen molar-refractivity contribution in [3.05, 3.63) is 27.8 Å². The van der Waals surface area contributed by atoms with Crippen LogP contribution in [0, 0.1) is 33.7 Å². The van der Waals surface area contributed by atoms with Crippen LogP contribution in [0.2, 0.25) is 18.6 Å². The van der Waals surface area contributed by atoms with E-state index in [1.165, 1.54) is 38.5 Å². The molecule has 0 nitrogen and oxygen atoms in total. The predicted octanol–water partition coefficient (Wildman–Crippen LogP) is 6.31. The molecule has 0 aromatic rings. The zero-order valence-corrected chi connectivity index (χ0v) is 17.8. The van der Waals surface area contributed by atoms with Crippen molar-refractivity contribution in [2.24, 2.45) is 5.92 Å². The Bertz CT molecular complexity index is 203. The Morgan fingerprint density at radius 2 is 1.16 bits per heavy atom. The Morgan fingerprint density at radius 1 is 0.789 bits per heavy atom. The topological polar surface area (TPSA) is 0 Å². The Hall–Kier alpha value is 1.10. The van der Waals surface area contributed by atoms with Gasteiger partial charge in [-0.05, 0) is 0 Å². The molecule has 0 aliphatic heterocycles. The van der Waals surface area contributed by atoms with Crippen LogP contribution < -0.4 is 0 Å². The second-order valence-corrected chi connectivity index (χ2v) is 11.4. The van der Waals surface area contributed by atoms with Crippen LogP contribution in [0.15, 0.2) is 0 Å².